The molecule has 0 aliphatic rings. The van der Waals surface area contributed by atoms with Crippen molar-refractivity contribution in [1.82, 2.24) is 0 Å². The maximum atomic E-state index is 12.3. The van der Waals surface area contributed by atoms with Crippen LogP contribution in [0.5, 0.6) is 11.5 Å². The summed E-state index contributed by atoms with van der Waals surface area (Å²) in [6.45, 7) is 4.86. The minimum Gasteiger partial charge on any atom is -0.493 e. The van der Waals surface area contributed by atoms with Gasteiger partial charge in [-0.1, -0.05) is 56.3 Å². The molecule has 0 spiro atoms. The van der Waals surface area contributed by atoms with Crippen molar-refractivity contribution >= 4 is 27.5 Å². The molecule has 31 heavy (non-hydrogen) atoms. The summed E-state index contributed by atoms with van der Waals surface area (Å²) in [7, 11) is 0. The number of hydrogen-bond acceptors (Lipinski definition) is 3. The van der Waals surface area contributed by atoms with Crippen LogP contribution in [-0.4, -0.2) is 19.1 Å². The molecule has 0 saturated heterocycles. The summed E-state index contributed by atoms with van der Waals surface area (Å²) in [5.74, 6) is 1.63. The molecule has 0 saturated carbocycles. The van der Waals surface area contributed by atoms with Gasteiger partial charge in [0.1, 0.15) is 11.5 Å². The zero-order chi connectivity index (χ0) is 22.1. The van der Waals surface area contributed by atoms with E-state index in [1.165, 1.54) is 11.1 Å². The Morgan fingerprint density at radius 1 is 1.00 bits per heavy atom. The topological polar surface area (TPSA) is 47.6 Å². The lowest BCUT2D eigenvalue weighted by Crippen LogP contribution is -2.20. The molecule has 3 aromatic rings. The van der Waals surface area contributed by atoms with Crippen LogP contribution in [-0.2, 0) is 11.2 Å². The monoisotopic (exact) mass is 481 g/mol. The van der Waals surface area contributed by atoms with Crippen molar-refractivity contribution in [3.63, 3.8) is 0 Å². The van der Waals surface area contributed by atoms with Crippen LogP contribution in [0.1, 0.15) is 37.3 Å². The van der Waals surface area contributed by atoms with E-state index in [0.29, 0.717) is 24.0 Å². The maximum Gasteiger partial charge on any atom is 0.262 e. The van der Waals surface area contributed by atoms with Gasteiger partial charge < -0.3 is 14.8 Å². The van der Waals surface area contributed by atoms with Crippen molar-refractivity contribution in [2.75, 3.05) is 18.5 Å². The standard InChI is InChI=1S/C26H28BrNO3/c1-3-19(2)21-12-13-25(24(27)16-21)31-18-26(29)28-22-10-7-11-23(17-22)30-15-14-20-8-5-4-6-9-20/h4-13,16-17,19H,3,14-15,18H2,1-2H3,(H,28,29). The summed E-state index contributed by atoms with van der Waals surface area (Å²) in [5.41, 5.74) is 3.15. The molecule has 1 N–H and O–H groups in total. The van der Waals surface area contributed by atoms with E-state index in [2.05, 4.69) is 53.3 Å². The third-order valence-corrected chi connectivity index (χ3v) is 5.74. The molecule has 0 heterocycles. The average Bonchev–Trinajstić information content (AvgIpc) is 2.78. The molecule has 0 fully saturated rings. The molecule has 1 amide bonds. The van der Waals surface area contributed by atoms with Crippen molar-refractivity contribution in [2.24, 2.45) is 0 Å². The van der Waals surface area contributed by atoms with Crippen LogP contribution in [0.4, 0.5) is 5.69 Å². The Hall–Kier alpha value is -2.79. The summed E-state index contributed by atoms with van der Waals surface area (Å²) in [4.78, 5) is 12.3. The van der Waals surface area contributed by atoms with E-state index >= 15 is 0 Å². The quantitative estimate of drug-likeness (QED) is 0.354. The minimum absolute atomic E-state index is 0.0691. The number of carbonyl (C=O) groups is 1. The second-order valence-electron chi connectivity index (χ2n) is 7.45. The summed E-state index contributed by atoms with van der Waals surface area (Å²) >= 11 is 3.54. The van der Waals surface area contributed by atoms with E-state index < -0.39 is 0 Å². The van der Waals surface area contributed by atoms with Gasteiger partial charge in [0, 0.05) is 18.2 Å². The number of benzene rings is 3. The third-order valence-electron chi connectivity index (χ3n) is 5.12. The van der Waals surface area contributed by atoms with Crippen LogP contribution in [0.3, 0.4) is 0 Å². The molecule has 0 aromatic heterocycles. The first-order chi connectivity index (χ1) is 15.0. The van der Waals surface area contributed by atoms with Crippen LogP contribution in [0.15, 0.2) is 77.3 Å². The molecule has 3 aromatic carbocycles. The number of halogens is 1. The summed E-state index contributed by atoms with van der Waals surface area (Å²) in [6.07, 6.45) is 1.90. The van der Waals surface area contributed by atoms with E-state index in [0.717, 1.165) is 23.1 Å². The van der Waals surface area contributed by atoms with Gasteiger partial charge in [-0.15, -0.1) is 0 Å². The Morgan fingerprint density at radius 2 is 1.81 bits per heavy atom. The number of nitrogens with one attached hydrogen (secondary N) is 1. The molecular formula is C26H28BrNO3. The largest absolute Gasteiger partial charge is 0.493 e. The lowest BCUT2D eigenvalue weighted by molar-refractivity contribution is -0.118. The minimum atomic E-state index is -0.223. The van der Waals surface area contributed by atoms with Crippen molar-refractivity contribution in [2.45, 2.75) is 32.6 Å². The molecule has 0 bridgehead atoms. The number of carbonyl (C=O) groups excluding carboxylic acids is 1. The fraction of sp³-hybridized carbons (Fsp3) is 0.269. The smallest absolute Gasteiger partial charge is 0.262 e. The fourth-order valence-electron chi connectivity index (χ4n) is 3.11. The highest BCUT2D eigenvalue weighted by Crippen LogP contribution is 2.30. The Kier molecular flexibility index (Phi) is 8.53. The van der Waals surface area contributed by atoms with E-state index in [9.17, 15) is 4.79 Å². The lowest BCUT2D eigenvalue weighted by Gasteiger charge is -2.13. The first-order valence-electron chi connectivity index (χ1n) is 10.5. The third kappa shape index (κ3) is 7.14. The normalized spacial score (nSPS) is 11.6. The highest BCUT2D eigenvalue weighted by molar-refractivity contribution is 9.10. The second kappa shape index (κ2) is 11.6. The molecule has 3 rings (SSSR count). The van der Waals surface area contributed by atoms with E-state index in [4.69, 9.17) is 9.47 Å². The Bertz CT molecular complexity index is 991. The van der Waals surface area contributed by atoms with Crippen molar-refractivity contribution in [3.8, 4) is 11.5 Å². The van der Waals surface area contributed by atoms with Crippen LogP contribution >= 0.6 is 15.9 Å². The van der Waals surface area contributed by atoms with E-state index in [1.54, 1.807) is 0 Å². The number of hydrogen-bond donors (Lipinski definition) is 1. The highest BCUT2D eigenvalue weighted by atomic mass is 79.9. The van der Waals surface area contributed by atoms with Gasteiger partial charge in [-0.25, -0.2) is 0 Å². The van der Waals surface area contributed by atoms with Gasteiger partial charge in [0.05, 0.1) is 11.1 Å². The first-order valence-corrected chi connectivity index (χ1v) is 11.3. The molecule has 5 heteroatoms. The molecule has 1 atom stereocenters. The summed E-state index contributed by atoms with van der Waals surface area (Å²) < 4.78 is 12.4. The van der Waals surface area contributed by atoms with Crippen molar-refractivity contribution in [3.05, 3.63) is 88.4 Å². The van der Waals surface area contributed by atoms with E-state index in [-0.39, 0.29) is 12.5 Å². The molecule has 0 radical (unpaired) electrons. The summed E-state index contributed by atoms with van der Waals surface area (Å²) in [5, 5.41) is 2.86. The Morgan fingerprint density at radius 3 is 2.55 bits per heavy atom. The maximum absolute atomic E-state index is 12.3. The average molecular weight is 482 g/mol. The zero-order valence-electron chi connectivity index (χ0n) is 17.9. The highest BCUT2D eigenvalue weighted by Gasteiger charge is 2.10. The fourth-order valence-corrected chi connectivity index (χ4v) is 3.62. The van der Waals surface area contributed by atoms with Crippen LogP contribution < -0.4 is 14.8 Å². The van der Waals surface area contributed by atoms with Gasteiger partial charge in [0.25, 0.3) is 5.91 Å². The molecule has 1 unspecified atom stereocenters. The van der Waals surface area contributed by atoms with E-state index in [1.807, 2.05) is 54.6 Å². The first kappa shape index (κ1) is 22.9. The second-order valence-corrected chi connectivity index (χ2v) is 8.30. The number of ether oxygens (including phenoxy) is 2. The van der Waals surface area contributed by atoms with Gasteiger partial charge >= 0.3 is 0 Å². The van der Waals surface area contributed by atoms with Gasteiger partial charge in [-0.3, -0.25) is 4.79 Å². The number of rotatable bonds is 10. The van der Waals surface area contributed by atoms with Gasteiger partial charge in [0.15, 0.2) is 6.61 Å². The molecule has 0 aliphatic heterocycles. The molecule has 0 aliphatic carbocycles. The molecular weight excluding hydrogens is 454 g/mol. The summed E-state index contributed by atoms with van der Waals surface area (Å²) in [6, 6.07) is 23.6. The zero-order valence-corrected chi connectivity index (χ0v) is 19.5. The van der Waals surface area contributed by atoms with Crippen LogP contribution in [0.2, 0.25) is 0 Å². The molecule has 162 valence electrons. The van der Waals surface area contributed by atoms with Crippen LogP contribution in [0.25, 0.3) is 0 Å². The van der Waals surface area contributed by atoms with Crippen LogP contribution in [0, 0.1) is 0 Å². The predicted molar refractivity (Wildman–Crippen MR) is 129 cm³/mol. The SMILES string of the molecule is CCC(C)c1ccc(OCC(=O)Nc2cccc(OCCc3ccccc3)c2)c(Br)c1. The lowest BCUT2D eigenvalue weighted by atomic mass is 9.99. The van der Waals surface area contributed by atoms with Gasteiger partial charge in [0.2, 0.25) is 0 Å². The molecule has 4 nitrogen and oxygen atoms in total. The Labute approximate surface area is 192 Å². The van der Waals surface area contributed by atoms with Gasteiger partial charge in [-0.05, 0) is 63.7 Å². The number of anilines is 1. The predicted octanol–water partition coefficient (Wildman–Crippen LogP) is 6.60. The van der Waals surface area contributed by atoms with Crippen molar-refractivity contribution < 1.29 is 14.3 Å². The van der Waals surface area contributed by atoms with Gasteiger partial charge in [-0.2, -0.15) is 0 Å². The van der Waals surface area contributed by atoms with Crippen molar-refractivity contribution in [1.29, 1.82) is 0 Å². The Balaban J connectivity index is 1.48. The number of amides is 1.